The summed E-state index contributed by atoms with van der Waals surface area (Å²) in [5, 5.41) is 8.29. The maximum atomic E-state index is 13.4. The Morgan fingerprint density at radius 3 is 2.59 bits per heavy atom. The first kappa shape index (κ1) is 24.5. The van der Waals surface area contributed by atoms with Gasteiger partial charge in [-0.3, -0.25) is 19.3 Å². The summed E-state index contributed by atoms with van der Waals surface area (Å²) in [6, 6.07) is 4.08. The van der Waals surface area contributed by atoms with Gasteiger partial charge in [-0.15, -0.1) is 0 Å². The SMILES string of the molecule is C=CC(=O)N1CCN(c2nc(=O)n(CC(=O)N(C)C)c3c2CCN(c2c(C)ccc4[nH]ncc24)C3)CC1. The molecule has 0 unspecified atom stereocenters. The van der Waals surface area contributed by atoms with Gasteiger partial charge in [-0.2, -0.15) is 10.1 Å². The van der Waals surface area contributed by atoms with Gasteiger partial charge in [0.25, 0.3) is 0 Å². The highest BCUT2D eigenvalue weighted by Crippen LogP contribution is 2.35. The molecule has 11 heteroatoms. The number of likely N-dealkylation sites (N-methyl/N-ethyl adjacent to an activating group) is 1. The molecule has 2 aliphatic heterocycles. The number of rotatable bonds is 5. The second-order valence-corrected chi connectivity index (χ2v) is 9.77. The van der Waals surface area contributed by atoms with Gasteiger partial charge >= 0.3 is 5.69 Å². The Labute approximate surface area is 215 Å². The monoisotopic (exact) mass is 504 g/mol. The molecule has 4 heterocycles. The summed E-state index contributed by atoms with van der Waals surface area (Å²) in [6.07, 6.45) is 3.83. The van der Waals surface area contributed by atoms with Crippen molar-refractivity contribution >= 4 is 34.2 Å². The Hall–Kier alpha value is -4.15. The highest BCUT2D eigenvalue weighted by atomic mass is 16.2. The lowest BCUT2D eigenvalue weighted by Crippen LogP contribution is -2.50. The molecule has 37 heavy (non-hydrogen) atoms. The number of fused-ring (bicyclic) bond motifs is 2. The third kappa shape index (κ3) is 4.45. The van der Waals surface area contributed by atoms with E-state index in [9.17, 15) is 14.4 Å². The van der Waals surface area contributed by atoms with Crippen molar-refractivity contribution in [1.82, 2.24) is 29.5 Å². The summed E-state index contributed by atoms with van der Waals surface area (Å²) >= 11 is 0. The lowest BCUT2D eigenvalue weighted by atomic mass is 10.0. The minimum absolute atomic E-state index is 0.0637. The molecule has 2 aliphatic rings. The fraction of sp³-hybridized carbons (Fsp3) is 0.423. The number of carbonyl (C=O) groups excluding carboxylic acids is 2. The zero-order valence-corrected chi connectivity index (χ0v) is 21.5. The van der Waals surface area contributed by atoms with Gasteiger partial charge in [0.15, 0.2) is 0 Å². The van der Waals surface area contributed by atoms with Gasteiger partial charge in [0.05, 0.1) is 23.9 Å². The van der Waals surface area contributed by atoms with Gasteiger partial charge in [0, 0.05) is 63.5 Å². The molecule has 0 aliphatic carbocycles. The van der Waals surface area contributed by atoms with Crippen LogP contribution in [0.3, 0.4) is 0 Å². The molecule has 0 radical (unpaired) electrons. The van der Waals surface area contributed by atoms with Gasteiger partial charge in [0.1, 0.15) is 12.4 Å². The molecular formula is C26H32N8O3. The van der Waals surface area contributed by atoms with E-state index < -0.39 is 5.69 Å². The third-order valence-corrected chi connectivity index (χ3v) is 7.32. The third-order valence-electron chi connectivity index (χ3n) is 7.32. The van der Waals surface area contributed by atoms with Crippen LogP contribution in [0.1, 0.15) is 16.8 Å². The first-order valence-electron chi connectivity index (χ1n) is 12.4. The summed E-state index contributed by atoms with van der Waals surface area (Å²) in [5.74, 6) is 0.407. The second kappa shape index (κ2) is 9.72. The second-order valence-electron chi connectivity index (χ2n) is 9.77. The molecule has 2 amide bonds. The van der Waals surface area contributed by atoms with E-state index in [2.05, 4.69) is 44.6 Å². The number of H-pyrrole nitrogens is 1. The predicted molar refractivity (Wildman–Crippen MR) is 142 cm³/mol. The van der Waals surface area contributed by atoms with Crippen LogP contribution in [-0.2, 0) is 29.1 Å². The van der Waals surface area contributed by atoms with Gasteiger partial charge in [-0.25, -0.2) is 4.79 Å². The van der Waals surface area contributed by atoms with E-state index >= 15 is 0 Å². The predicted octanol–water partition coefficient (Wildman–Crippen LogP) is 0.914. The topological polar surface area (TPSA) is 111 Å². The number of aromatic nitrogens is 4. The number of aromatic amines is 1. The van der Waals surface area contributed by atoms with E-state index in [1.165, 1.54) is 15.5 Å². The number of amides is 2. The van der Waals surface area contributed by atoms with Crippen molar-refractivity contribution in [1.29, 1.82) is 0 Å². The van der Waals surface area contributed by atoms with Crippen LogP contribution in [0.2, 0.25) is 0 Å². The summed E-state index contributed by atoms with van der Waals surface area (Å²) in [6.45, 7) is 9.03. The Balaban J connectivity index is 1.55. The number of nitrogens with one attached hydrogen (secondary N) is 1. The Morgan fingerprint density at radius 2 is 1.89 bits per heavy atom. The minimum Gasteiger partial charge on any atom is -0.365 e. The van der Waals surface area contributed by atoms with Crippen LogP contribution >= 0.6 is 0 Å². The van der Waals surface area contributed by atoms with Crippen LogP contribution in [0.15, 0.2) is 35.8 Å². The standard InChI is InChI=1S/C26H32N8O3/c1-5-22(35)31-10-12-32(13-11-31)25-18-8-9-33(24-17(2)6-7-20-19(24)14-27-29-20)15-21(18)34(26(37)28-25)16-23(36)30(3)4/h5-7,14H,1,8-13,15-16H2,2-4H3,(H,27,29). The highest BCUT2D eigenvalue weighted by Gasteiger charge is 2.30. The molecule has 11 nitrogen and oxygen atoms in total. The van der Waals surface area contributed by atoms with Gasteiger partial charge in [0.2, 0.25) is 11.8 Å². The Bertz CT molecular complexity index is 1430. The number of piperazine rings is 1. The summed E-state index contributed by atoms with van der Waals surface area (Å²) in [4.78, 5) is 50.1. The zero-order chi connectivity index (χ0) is 26.3. The maximum absolute atomic E-state index is 13.4. The number of carbonyl (C=O) groups is 2. The molecule has 0 saturated carbocycles. The lowest BCUT2D eigenvalue weighted by molar-refractivity contribution is -0.129. The fourth-order valence-corrected chi connectivity index (χ4v) is 5.26. The van der Waals surface area contributed by atoms with Crippen molar-refractivity contribution in [3.63, 3.8) is 0 Å². The molecule has 0 atom stereocenters. The Morgan fingerprint density at radius 1 is 1.14 bits per heavy atom. The molecule has 1 N–H and O–H groups in total. The van der Waals surface area contributed by atoms with Crippen LogP contribution in [0.25, 0.3) is 10.9 Å². The number of benzene rings is 1. The molecule has 1 saturated heterocycles. The summed E-state index contributed by atoms with van der Waals surface area (Å²) in [5.41, 5.74) is 4.50. The average Bonchev–Trinajstić information content (AvgIpc) is 3.38. The van der Waals surface area contributed by atoms with Gasteiger partial charge in [-0.1, -0.05) is 12.6 Å². The van der Waals surface area contributed by atoms with Crippen molar-refractivity contribution in [2.45, 2.75) is 26.4 Å². The van der Waals surface area contributed by atoms with Crippen LogP contribution in [0, 0.1) is 6.92 Å². The fourth-order valence-electron chi connectivity index (χ4n) is 5.26. The van der Waals surface area contributed by atoms with Gasteiger partial charge in [-0.05, 0) is 31.1 Å². The first-order valence-corrected chi connectivity index (χ1v) is 12.4. The van der Waals surface area contributed by atoms with E-state index in [4.69, 9.17) is 0 Å². The lowest BCUT2D eigenvalue weighted by Gasteiger charge is -2.39. The molecule has 1 aromatic carbocycles. The van der Waals surface area contributed by atoms with Crippen LogP contribution in [-0.4, -0.2) is 88.2 Å². The minimum atomic E-state index is -0.436. The smallest absolute Gasteiger partial charge is 0.350 e. The number of aryl methyl sites for hydroxylation is 1. The molecule has 3 aromatic rings. The van der Waals surface area contributed by atoms with Gasteiger partial charge < -0.3 is 19.6 Å². The average molecular weight is 505 g/mol. The van der Waals surface area contributed by atoms with E-state index in [0.717, 1.165) is 40.0 Å². The Kier molecular flexibility index (Phi) is 6.45. The zero-order valence-electron chi connectivity index (χ0n) is 21.5. The molecule has 0 spiro atoms. The molecule has 194 valence electrons. The van der Waals surface area contributed by atoms with Crippen LogP contribution in [0.5, 0.6) is 0 Å². The number of hydrogen-bond donors (Lipinski definition) is 1. The molecule has 0 bridgehead atoms. The summed E-state index contributed by atoms with van der Waals surface area (Å²) in [7, 11) is 3.36. The van der Waals surface area contributed by atoms with Crippen molar-refractivity contribution < 1.29 is 9.59 Å². The largest absolute Gasteiger partial charge is 0.365 e. The number of hydrogen-bond acceptors (Lipinski definition) is 7. The summed E-state index contributed by atoms with van der Waals surface area (Å²) < 4.78 is 1.52. The van der Waals surface area contributed by atoms with Crippen molar-refractivity contribution in [3.8, 4) is 0 Å². The molecule has 2 aromatic heterocycles. The molecule has 5 rings (SSSR count). The molecular weight excluding hydrogens is 472 g/mol. The normalized spacial score (nSPS) is 15.6. The van der Waals surface area contributed by atoms with E-state index in [-0.39, 0.29) is 18.4 Å². The van der Waals surface area contributed by atoms with Crippen LogP contribution in [0.4, 0.5) is 11.5 Å². The highest BCUT2D eigenvalue weighted by molar-refractivity contribution is 5.93. The van der Waals surface area contributed by atoms with Crippen LogP contribution < -0.4 is 15.5 Å². The van der Waals surface area contributed by atoms with E-state index in [1.807, 2.05) is 12.3 Å². The maximum Gasteiger partial charge on any atom is 0.350 e. The van der Waals surface area contributed by atoms with Crippen molar-refractivity contribution in [3.05, 3.63) is 58.3 Å². The van der Waals surface area contributed by atoms with Crippen molar-refractivity contribution in [2.24, 2.45) is 0 Å². The van der Waals surface area contributed by atoms with E-state index in [0.29, 0.717) is 45.0 Å². The first-order chi connectivity index (χ1) is 17.8. The van der Waals surface area contributed by atoms with E-state index in [1.54, 1.807) is 19.0 Å². The molecule has 1 fully saturated rings. The number of nitrogens with zero attached hydrogens (tertiary/aromatic N) is 7. The van der Waals surface area contributed by atoms with Crippen molar-refractivity contribution in [2.75, 3.05) is 56.6 Å². The quantitative estimate of drug-likeness (QED) is 0.515. The number of anilines is 2.